The normalized spacial score (nSPS) is 28.4. The molecule has 3 heteroatoms. The molecule has 0 unspecified atom stereocenters. The summed E-state index contributed by atoms with van der Waals surface area (Å²) in [4.78, 5) is 11.1. The van der Waals surface area contributed by atoms with Gasteiger partial charge >= 0.3 is 5.97 Å². The van der Waals surface area contributed by atoms with Crippen LogP contribution in [0.2, 0.25) is 0 Å². The Morgan fingerprint density at radius 2 is 1.84 bits per heavy atom. The Hall–Kier alpha value is -1.09. The Bertz CT molecular complexity index is 441. The number of carbonyl (C=O) groups excluding carboxylic acids is 1. The minimum Gasteiger partial charge on any atom is -0.469 e. The van der Waals surface area contributed by atoms with E-state index in [1.807, 2.05) is 0 Å². The van der Waals surface area contributed by atoms with Crippen molar-refractivity contribution in [3.63, 3.8) is 0 Å². The van der Waals surface area contributed by atoms with Gasteiger partial charge in [0, 0.05) is 12.3 Å². The van der Waals surface area contributed by atoms with E-state index >= 15 is 0 Å². The molecule has 2 aliphatic rings. The average Bonchev–Trinajstić information content (AvgIpc) is 3.22. The summed E-state index contributed by atoms with van der Waals surface area (Å²) in [6.07, 6.45) is 22.7. The van der Waals surface area contributed by atoms with Gasteiger partial charge < -0.3 is 9.47 Å². The predicted octanol–water partition coefficient (Wildman–Crippen LogP) is 5.60. The van der Waals surface area contributed by atoms with Crippen molar-refractivity contribution < 1.29 is 14.3 Å². The molecule has 2 rings (SSSR count). The van der Waals surface area contributed by atoms with Crippen LogP contribution in [0.1, 0.15) is 77.6 Å². The van der Waals surface area contributed by atoms with Crippen LogP contribution >= 0.6 is 0 Å². The summed E-state index contributed by atoms with van der Waals surface area (Å²) >= 11 is 0. The zero-order valence-electron chi connectivity index (χ0n) is 16.1. The van der Waals surface area contributed by atoms with Crippen molar-refractivity contribution in [2.24, 2.45) is 11.8 Å². The van der Waals surface area contributed by atoms with E-state index < -0.39 is 0 Å². The van der Waals surface area contributed by atoms with Crippen LogP contribution < -0.4 is 0 Å². The molecule has 0 aromatic rings. The third kappa shape index (κ3) is 6.62. The van der Waals surface area contributed by atoms with E-state index in [1.165, 1.54) is 52.1 Å². The van der Waals surface area contributed by atoms with Crippen LogP contribution in [0, 0.1) is 11.8 Å². The predicted molar refractivity (Wildman–Crippen MR) is 102 cm³/mol. The van der Waals surface area contributed by atoms with Crippen molar-refractivity contribution in [3.8, 4) is 0 Å². The molecule has 2 bridgehead atoms. The van der Waals surface area contributed by atoms with E-state index in [1.54, 1.807) is 0 Å². The molecule has 0 aromatic carbocycles. The van der Waals surface area contributed by atoms with E-state index in [2.05, 4.69) is 36.0 Å². The van der Waals surface area contributed by atoms with Crippen LogP contribution in [0.15, 0.2) is 24.3 Å². The molecule has 0 spiro atoms. The number of allylic oxidation sites excluding steroid dienone is 3. The Morgan fingerprint density at radius 1 is 1.04 bits per heavy atom. The second kappa shape index (κ2) is 11.5. The summed E-state index contributed by atoms with van der Waals surface area (Å²) in [6, 6.07) is 0. The number of fused-ring (bicyclic) bond motifs is 2. The third-order valence-electron chi connectivity index (χ3n) is 5.62. The zero-order chi connectivity index (χ0) is 17.9. The second-order valence-electron chi connectivity index (χ2n) is 7.48. The highest BCUT2D eigenvalue weighted by molar-refractivity contribution is 5.69. The summed E-state index contributed by atoms with van der Waals surface area (Å²) < 4.78 is 10.8. The van der Waals surface area contributed by atoms with E-state index in [0.29, 0.717) is 30.5 Å². The molecule has 0 saturated carbocycles. The second-order valence-corrected chi connectivity index (χ2v) is 7.48. The molecule has 3 nitrogen and oxygen atoms in total. The van der Waals surface area contributed by atoms with Gasteiger partial charge in [-0.1, -0.05) is 50.5 Å². The number of hydrogen-bond acceptors (Lipinski definition) is 3. The summed E-state index contributed by atoms with van der Waals surface area (Å²) in [7, 11) is 1.45. The molecule has 0 amide bonds. The summed E-state index contributed by atoms with van der Waals surface area (Å²) in [6.45, 7) is 2.26. The van der Waals surface area contributed by atoms with E-state index in [0.717, 1.165) is 19.3 Å². The van der Waals surface area contributed by atoms with Gasteiger partial charge in [0.2, 0.25) is 0 Å². The number of esters is 1. The van der Waals surface area contributed by atoms with Crippen LogP contribution in [0.3, 0.4) is 0 Å². The third-order valence-corrected chi connectivity index (χ3v) is 5.62. The Morgan fingerprint density at radius 3 is 2.64 bits per heavy atom. The van der Waals surface area contributed by atoms with E-state index in [-0.39, 0.29) is 5.97 Å². The van der Waals surface area contributed by atoms with Gasteiger partial charge in [-0.25, -0.2) is 0 Å². The molecule has 0 radical (unpaired) electrons. The maximum absolute atomic E-state index is 11.1. The molecule has 2 fully saturated rings. The highest BCUT2D eigenvalue weighted by Gasteiger charge is 2.46. The number of rotatable bonds is 12. The highest BCUT2D eigenvalue weighted by Crippen LogP contribution is 2.45. The average molecular weight is 349 g/mol. The van der Waals surface area contributed by atoms with Gasteiger partial charge in [-0.2, -0.15) is 0 Å². The molecule has 142 valence electrons. The number of unbranched alkanes of at least 4 members (excludes halogenated alkanes) is 5. The van der Waals surface area contributed by atoms with Crippen molar-refractivity contribution >= 4 is 5.97 Å². The van der Waals surface area contributed by atoms with Gasteiger partial charge in [0.1, 0.15) is 0 Å². The number of methoxy groups -OCH3 is 1. The number of ether oxygens (including phenoxy) is 2. The van der Waals surface area contributed by atoms with Crippen LogP contribution in [-0.4, -0.2) is 25.3 Å². The first-order chi connectivity index (χ1) is 12.3. The van der Waals surface area contributed by atoms with Gasteiger partial charge in [0.25, 0.3) is 0 Å². The first kappa shape index (κ1) is 20.2. The van der Waals surface area contributed by atoms with Crippen LogP contribution in [0.5, 0.6) is 0 Å². The van der Waals surface area contributed by atoms with Crippen molar-refractivity contribution in [1.29, 1.82) is 0 Å². The Kier molecular flexibility index (Phi) is 9.31. The largest absolute Gasteiger partial charge is 0.469 e. The first-order valence-corrected chi connectivity index (χ1v) is 10.3. The smallest absolute Gasteiger partial charge is 0.305 e. The molecule has 4 atom stereocenters. The molecule has 2 saturated heterocycles. The molecule has 25 heavy (non-hydrogen) atoms. The Labute approximate surface area is 153 Å². The molecule has 0 aromatic heterocycles. The first-order valence-electron chi connectivity index (χ1n) is 10.3. The van der Waals surface area contributed by atoms with Gasteiger partial charge in [-0.3, -0.25) is 4.79 Å². The number of carbonyl (C=O) groups is 1. The van der Waals surface area contributed by atoms with Crippen LogP contribution in [0.4, 0.5) is 0 Å². The van der Waals surface area contributed by atoms with Crippen molar-refractivity contribution in [2.45, 2.75) is 89.8 Å². The molecule has 0 N–H and O–H groups in total. The molecule has 2 aliphatic heterocycles. The van der Waals surface area contributed by atoms with Crippen LogP contribution in [0.25, 0.3) is 0 Å². The summed E-state index contributed by atoms with van der Waals surface area (Å²) in [5.41, 5.74) is 0. The fourth-order valence-electron chi connectivity index (χ4n) is 4.17. The van der Waals surface area contributed by atoms with Crippen molar-refractivity contribution in [1.82, 2.24) is 0 Å². The lowest BCUT2D eigenvalue weighted by molar-refractivity contribution is -0.140. The van der Waals surface area contributed by atoms with Gasteiger partial charge in [0.05, 0.1) is 19.3 Å². The number of hydrogen-bond donors (Lipinski definition) is 0. The SMILES string of the molecule is CCCCCC/C=C\[C@@H]1[C@H](C/C=C\CCCC(=O)OC)[C@@H]2CC[C@H]1O2. The van der Waals surface area contributed by atoms with Crippen molar-refractivity contribution in [3.05, 3.63) is 24.3 Å². The standard InChI is InChI=1S/C22H36O3/c1-3-4-5-6-7-10-13-18-19(21-17-16-20(18)25-21)14-11-8-9-12-15-22(23)24-2/h8,10-11,13,18-21H,3-7,9,12,14-17H2,1-2H3/b11-8-,13-10-/t18-,19+,20-,21+/m1/s1. The minimum atomic E-state index is -0.112. The maximum Gasteiger partial charge on any atom is 0.305 e. The lowest BCUT2D eigenvalue weighted by Crippen LogP contribution is -2.25. The topological polar surface area (TPSA) is 35.5 Å². The van der Waals surface area contributed by atoms with Gasteiger partial charge in [0.15, 0.2) is 0 Å². The lowest BCUT2D eigenvalue weighted by atomic mass is 9.77. The van der Waals surface area contributed by atoms with Crippen molar-refractivity contribution in [2.75, 3.05) is 7.11 Å². The fraction of sp³-hybridized carbons (Fsp3) is 0.773. The highest BCUT2D eigenvalue weighted by atomic mass is 16.5. The van der Waals surface area contributed by atoms with E-state index in [4.69, 9.17) is 4.74 Å². The maximum atomic E-state index is 11.1. The van der Waals surface area contributed by atoms with Gasteiger partial charge in [-0.05, 0) is 50.9 Å². The van der Waals surface area contributed by atoms with E-state index in [9.17, 15) is 4.79 Å². The minimum absolute atomic E-state index is 0.112. The molecular weight excluding hydrogens is 312 g/mol. The molecule has 0 aliphatic carbocycles. The Balaban J connectivity index is 1.70. The zero-order valence-corrected chi connectivity index (χ0v) is 16.1. The molecular formula is C22H36O3. The fourth-order valence-corrected chi connectivity index (χ4v) is 4.17. The summed E-state index contributed by atoms with van der Waals surface area (Å²) in [5.74, 6) is 1.13. The summed E-state index contributed by atoms with van der Waals surface area (Å²) in [5, 5.41) is 0. The monoisotopic (exact) mass is 348 g/mol. The quantitative estimate of drug-likeness (QED) is 0.262. The van der Waals surface area contributed by atoms with Crippen LogP contribution in [-0.2, 0) is 14.3 Å². The lowest BCUT2D eigenvalue weighted by Gasteiger charge is -2.24. The molecule has 2 heterocycles. The van der Waals surface area contributed by atoms with Gasteiger partial charge in [-0.15, -0.1) is 0 Å².